The van der Waals surface area contributed by atoms with Gasteiger partial charge in [0.2, 0.25) is 5.91 Å². The lowest BCUT2D eigenvalue weighted by molar-refractivity contribution is -0.136. The van der Waals surface area contributed by atoms with Crippen molar-refractivity contribution >= 4 is 28.3 Å². The lowest BCUT2D eigenvalue weighted by atomic mass is 9.90. The summed E-state index contributed by atoms with van der Waals surface area (Å²) in [5.41, 5.74) is 0.904. The van der Waals surface area contributed by atoms with Crippen LogP contribution in [0.5, 0.6) is 5.75 Å². The number of nitrogens with one attached hydrogen (secondary N) is 1. The highest BCUT2D eigenvalue weighted by Crippen LogP contribution is 2.36. The predicted molar refractivity (Wildman–Crippen MR) is 74.8 cm³/mol. The van der Waals surface area contributed by atoms with Crippen LogP contribution < -0.4 is 10.1 Å². The maximum absolute atomic E-state index is 12.0. The Hall–Kier alpha value is -2.21. The fourth-order valence-corrected chi connectivity index (χ4v) is 2.79. The number of rotatable bonds is 3. The van der Waals surface area contributed by atoms with Gasteiger partial charge in [-0.3, -0.25) is 9.59 Å². The van der Waals surface area contributed by atoms with E-state index < -0.39 is 0 Å². The number of hydrogen-bond donors (Lipinski definition) is 1. The van der Waals surface area contributed by atoms with Crippen LogP contribution in [0.3, 0.4) is 0 Å². The standard InChI is InChI=1S/C14H12N2O3S/c17-12(16-14-15-5-6-20-14)7-9-8-13(18)19-11-4-2-1-3-10(9)11/h1-6,9H,7-8H2,(H,15,16,17). The van der Waals surface area contributed by atoms with Gasteiger partial charge in [0.15, 0.2) is 5.13 Å². The molecule has 0 fully saturated rings. The number of aromatic nitrogens is 1. The predicted octanol–water partition coefficient (Wildman–Crippen LogP) is 2.56. The van der Waals surface area contributed by atoms with Crippen LogP contribution in [0, 0.1) is 0 Å². The number of amides is 1. The minimum Gasteiger partial charge on any atom is -0.426 e. The molecule has 3 rings (SSSR count). The molecule has 0 saturated heterocycles. The Kier molecular flexibility index (Phi) is 3.47. The largest absolute Gasteiger partial charge is 0.426 e. The molecule has 5 nitrogen and oxygen atoms in total. The van der Waals surface area contributed by atoms with Crippen molar-refractivity contribution in [1.82, 2.24) is 4.98 Å². The average Bonchev–Trinajstić information content (AvgIpc) is 2.91. The van der Waals surface area contributed by atoms with Crippen LogP contribution in [-0.2, 0) is 9.59 Å². The van der Waals surface area contributed by atoms with E-state index in [4.69, 9.17) is 4.74 Å². The molecule has 1 aromatic heterocycles. The van der Waals surface area contributed by atoms with Gasteiger partial charge in [-0.15, -0.1) is 11.3 Å². The highest BCUT2D eigenvalue weighted by atomic mass is 32.1. The van der Waals surface area contributed by atoms with E-state index in [2.05, 4.69) is 10.3 Å². The van der Waals surface area contributed by atoms with Crippen LogP contribution in [0.4, 0.5) is 5.13 Å². The summed E-state index contributed by atoms with van der Waals surface area (Å²) >= 11 is 1.36. The average molecular weight is 288 g/mol. The zero-order valence-electron chi connectivity index (χ0n) is 10.5. The van der Waals surface area contributed by atoms with Crippen molar-refractivity contribution in [3.8, 4) is 5.75 Å². The number of ether oxygens (including phenoxy) is 1. The van der Waals surface area contributed by atoms with E-state index in [0.717, 1.165) is 5.56 Å². The van der Waals surface area contributed by atoms with Crippen molar-refractivity contribution in [2.75, 3.05) is 5.32 Å². The second-order valence-electron chi connectivity index (χ2n) is 4.50. The molecule has 0 spiro atoms. The molecule has 1 atom stereocenters. The van der Waals surface area contributed by atoms with E-state index in [-0.39, 0.29) is 30.6 Å². The number of carbonyl (C=O) groups excluding carboxylic acids is 2. The summed E-state index contributed by atoms with van der Waals surface area (Å²) in [6.07, 6.45) is 2.10. The third-order valence-corrected chi connectivity index (χ3v) is 3.79. The van der Waals surface area contributed by atoms with Gasteiger partial charge in [0, 0.05) is 23.9 Å². The quantitative estimate of drug-likeness (QED) is 0.696. The van der Waals surface area contributed by atoms with Crippen LogP contribution in [0.1, 0.15) is 24.3 Å². The normalized spacial score (nSPS) is 17.2. The molecule has 2 heterocycles. The summed E-state index contributed by atoms with van der Waals surface area (Å²) < 4.78 is 5.17. The van der Waals surface area contributed by atoms with E-state index in [9.17, 15) is 9.59 Å². The van der Waals surface area contributed by atoms with Crippen LogP contribution >= 0.6 is 11.3 Å². The molecule has 1 unspecified atom stereocenters. The Morgan fingerprint density at radius 3 is 3.10 bits per heavy atom. The molecule has 102 valence electrons. The summed E-state index contributed by atoms with van der Waals surface area (Å²) in [5.74, 6) is -0.0339. The Bertz CT molecular complexity index is 640. The van der Waals surface area contributed by atoms with E-state index >= 15 is 0 Å². The molecule has 2 aromatic rings. The zero-order valence-corrected chi connectivity index (χ0v) is 11.4. The number of nitrogens with zero attached hydrogens (tertiary/aromatic N) is 1. The van der Waals surface area contributed by atoms with Crippen molar-refractivity contribution in [2.24, 2.45) is 0 Å². The molecule has 1 aromatic carbocycles. The summed E-state index contributed by atoms with van der Waals surface area (Å²) in [6, 6.07) is 7.33. The van der Waals surface area contributed by atoms with Crippen molar-refractivity contribution < 1.29 is 14.3 Å². The Morgan fingerprint density at radius 1 is 1.45 bits per heavy atom. The minimum atomic E-state index is -0.296. The molecule has 0 radical (unpaired) electrons. The molecule has 1 aliphatic rings. The number of benzene rings is 1. The van der Waals surface area contributed by atoms with E-state index in [1.54, 1.807) is 17.6 Å². The molecule has 0 bridgehead atoms. The van der Waals surface area contributed by atoms with E-state index in [0.29, 0.717) is 10.9 Å². The number of carbonyl (C=O) groups is 2. The molecular formula is C14H12N2O3S. The van der Waals surface area contributed by atoms with E-state index in [1.807, 2.05) is 18.2 Å². The smallest absolute Gasteiger partial charge is 0.311 e. The summed E-state index contributed by atoms with van der Waals surface area (Å²) in [4.78, 5) is 27.6. The van der Waals surface area contributed by atoms with Crippen LogP contribution in [-0.4, -0.2) is 16.9 Å². The van der Waals surface area contributed by atoms with Crippen molar-refractivity contribution in [3.05, 3.63) is 41.4 Å². The number of fused-ring (bicyclic) bond motifs is 1. The number of esters is 1. The lowest BCUT2D eigenvalue weighted by Gasteiger charge is -2.23. The van der Waals surface area contributed by atoms with Crippen molar-refractivity contribution in [2.45, 2.75) is 18.8 Å². The highest BCUT2D eigenvalue weighted by Gasteiger charge is 2.28. The zero-order chi connectivity index (χ0) is 13.9. The second-order valence-corrected chi connectivity index (χ2v) is 5.40. The first-order valence-corrected chi connectivity index (χ1v) is 7.09. The topological polar surface area (TPSA) is 68.3 Å². The van der Waals surface area contributed by atoms with Gasteiger partial charge < -0.3 is 10.1 Å². The molecule has 0 aliphatic carbocycles. The van der Waals surface area contributed by atoms with Gasteiger partial charge in [0.05, 0.1) is 6.42 Å². The Balaban J connectivity index is 1.74. The van der Waals surface area contributed by atoms with Crippen molar-refractivity contribution in [1.29, 1.82) is 0 Å². The maximum Gasteiger partial charge on any atom is 0.311 e. The summed E-state index contributed by atoms with van der Waals surface area (Å²) in [7, 11) is 0. The number of thiazole rings is 1. The number of anilines is 1. The van der Waals surface area contributed by atoms with Gasteiger partial charge >= 0.3 is 5.97 Å². The van der Waals surface area contributed by atoms with Gasteiger partial charge in [-0.05, 0) is 11.6 Å². The van der Waals surface area contributed by atoms with Crippen LogP contribution in [0.2, 0.25) is 0 Å². The van der Waals surface area contributed by atoms with Crippen molar-refractivity contribution in [3.63, 3.8) is 0 Å². The lowest BCUT2D eigenvalue weighted by Crippen LogP contribution is -2.24. The Labute approximate surface area is 119 Å². The maximum atomic E-state index is 12.0. The molecule has 6 heteroatoms. The fraction of sp³-hybridized carbons (Fsp3) is 0.214. The van der Waals surface area contributed by atoms with Crippen LogP contribution in [0.25, 0.3) is 0 Å². The summed E-state index contributed by atoms with van der Waals surface area (Å²) in [5, 5.41) is 5.10. The first-order valence-electron chi connectivity index (χ1n) is 6.21. The SMILES string of the molecule is O=C(CC1CC(=O)Oc2ccccc21)Nc1nccs1. The molecule has 1 amide bonds. The van der Waals surface area contributed by atoms with Gasteiger partial charge in [-0.2, -0.15) is 0 Å². The first kappa shape index (κ1) is 12.8. The third-order valence-electron chi connectivity index (χ3n) is 3.11. The molecule has 0 saturated carbocycles. The molecule has 20 heavy (non-hydrogen) atoms. The second kappa shape index (κ2) is 5.42. The third kappa shape index (κ3) is 2.70. The van der Waals surface area contributed by atoms with Gasteiger partial charge in [-0.25, -0.2) is 4.98 Å². The Morgan fingerprint density at radius 2 is 2.30 bits per heavy atom. The summed E-state index contributed by atoms with van der Waals surface area (Å²) in [6.45, 7) is 0. The fourth-order valence-electron chi connectivity index (χ4n) is 2.25. The molecular weight excluding hydrogens is 276 g/mol. The molecule has 1 aliphatic heterocycles. The van der Waals surface area contributed by atoms with Gasteiger partial charge in [0.1, 0.15) is 5.75 Å². The first-order chi connectivity index (χ1) is 9.72. The van der Waals surface area contributed by atoms with Gasteiger partial charge in [-0.1, -0.05) is 18.2 Å². The monoisotopic (exact) mass is 288 g/mol. The minimum absolute atomic E-state index is 0.144. The van der Waals surface area contributed by atoms with E-state index in [1.165, 1.54) is 11.3 Å². The van der Waals surface area contributed by atoms with Crippen LogP contribution in [0.15, 0.2) is 35.8 Å². The number of para-hydroxylation sites is 1. The van der Waals surface area contributed by atoms with Gasteiger partial charge in [0.25, 0.3) is 0 Å². The molecule has 1 N–H and O–H groups in total. The number of hydrogen-bond acceptors (Lipinski definition) is 5. The highest BCUT2D eigenvalue weighted by molar-refractivity contribution is 7.13.